The van der Waals surface area contributed by atoms with E-state index in [1.165, 1.54) is 5.41 Å². The van der Waals surface area contributed by atoms with Crippen molar-refractivity contribution in [1.29, 1.82) is 0 Å². The number of hydrogen-bond donors (Lipinski definition) is 2. The SMILES string of the molecule is O=S1(=O)C=CC(NCc2ccc(CO)o2)C1. The molecule has 2 heterocycles. The van der Waals surface area contributed by atoms with Gasteiger partial charge in [-0.1, -0.05) is 6.08 Å². The molecule has 5 nitrogen and oxygen atoms in total. The van der Waals surface area contributed by atoms with Crippen molar-refractivity contribution in [1.82, 2.24) is 5.32 Å². The molecule has 0 fully saturated rings. The third kappa shape index (κ3) is 2.72. The molecule has 2 rings (SSSR count). The van der Waals surface area contributed by atoms with Crippen LogP contribution in [0.4, 0.5) is 0 Å². The van der Waals surface area contributed by atoms with Crippen LogP contribution in [-0.4, -0.2) is 25.3 Å². The molecule has 0 aliphatic carbocycles. The molecule has 0 aromatic carbocycles. The van der Waals surface area contributed by atoms with Gasteiger partial charge in [0.1, 0.15) is 18.1 Å². The van der Waals surface area contributed by atoms with Gasteiger partial charge in [0.15, 0.2) is 9.84 Å². The Morgan fingerprint density at radius 3 is 2.75 bits per heavy atom. The largest absolute Gasteiger partial charge is 0.462 e. The summed E-state index contributed by atoms with van der Waals surface area (Å²) in [6.45, 7) is 0.322. The molecule has 88 valence electrons. The summed E-state index contributed by atoms with van der Waals surface area (Å²) in [6, 6.07) is 3.29. The normalized spacial score (nSPS) is 22.7. The molecule has 1 aliphatic rings. The zero-order valence-electron chi connectivity index (χ0n) is 8.59. The Kier molecular flexibility index (Phi) is 3.13. The number of aliphatic hydroxyl groups is 1. The average molecular weight is 243 g/mol. The van der Waals surface area contributed by atoms with E-state index in [1.807, 2.05) is 0 Å². The van der Waals surface area contributed by atoms with Crippen LogP contribution in [0.25, 0.3) is 0 Å². The smallest absolute Gasteiger partial charge is 0.173 e. The lowest BCUT2D eigenvalue weighted by molar-refractivity contribution is 0.242. The molecule has 0 spiro atoms. The highest BCUT2D eigenvalue weighted by Crippen LogP contribution is 2.11. The number of furan rings is 1. The summed E-state index contributed by atoms with van der Waals surface area (Å²) in [4.78, 5) is 0. The van der Waals surface area contributed by atoms with Crippen molar-refractivity contribution in [2.24, 2.45) is 0 Å². The van der Waals surface area contributed by atoms with E-state index in [4.69, 9.17) is 9.52 Å². The Morgan fingerprint density at radius 2 is 2.19 bits per heavy atom. The third-order valence-electron chi connectivity index (χ3n) is 2.34. The van der Waals surface area contributed by atoms with E-state index in [9.17, 15) is 8.42 Å². The van der Waals surface area contributed by atoms with Gasteiger partial charge in [-0.3, -0.25) is 0 Å². The van der Waals surface area contributed by atoms with Gasteiger partial charge in [-0.15, -0.1) is 0 Å². The summed E-state index contributed by atoms with van der Waals surface area (Å²) >= 11 is 0. The Morgan fingerprint density at radius 1 is 1.44 bits per heavy atom. The van der Waals surface area contributed by atoms with Crippen LogP contribution < -0.4 is 5.32 Å². The Balaban J connectivity index is 1.87. The van der Waals surface area contributed by atoms with E-state index in [0.717, 1.165) is 0 Å². The van der Waals surface area contributed by atoms with Gasteiger partial charge in [-0.05, 0) is 12.1 Å². The van der Waals surface area contributed by atoms with E-state index in [2.05, 4.69) is 5.32 Å². The molecule has 0 saturated carbocycles. The molecule has 0 amide bonds. The summed E-state index contributed by atoms with van der Waals surface area (Å²) in [5.41, 5.74) is 0. The van der Waals surface area contributed by atoms with Gasteiger partial charge in [0.2, 0.25) is 0 Å². The van der Waals surface area contributed by atoms with Crippen molar-refractivity contribution in [2.75, 3.05) is 5.75 Å². The van der Waals surface area contributed by atoms with Crippen molar-refractivity contribution >= 4 is 9.84 Å². The Bertz CT molecular complexity index is 489. The molecule has 1 atom stereocenters. The number of rotatable bonds is 4. The third-order valence-corrected chi connectivity index (χ3v) is 3.74. The zero-order chi connectivity index (χ0) is 11.6. The van der Waals surface area contributed by atoms with Crippen LogP contribution in [0, 0.1) is 0 Å². The molecule has 0 bridgehead atoms. The van der Waals surface area contributed by atoms with Crippen molar-refractivity contribution in [2.45, 2.75) is 19.2 Å². The first-order valence-corrected chi connectivity index (χ1v) is 6.63. The molecule has 1 unspecified atom stereocenters. The van der Waals surface area contributed by atoms with E-state index in [0.29, 0.717) is 18.1 Å². The number of sulfone groups is 1. The Labute approximate surface area is 93.7 Å². The quantitative estimate of drug-likeness (QED) is 0.788. The van der Waals surface area contributed by atoms with Gasteiger partial charge in [0, 0.05) is 11.4 Å². The maximum absolute atomic E-state index is 11.1. The van der Waals surface area contributed by atoms with Crippen molar-refractivity contribution in [3.05, 3.63) is 35.1 Å². The van der Waals surface area contributed by atoms with Crippen LogP contribution in [0.3, 0.4) is 0 Å². The fourth-order valence-corrected chi connectivity index (χ4v) is 2.81. The minimum Gasteiger partial charge on any atom is -0.462 e. The van der Waals surface area contributed by atoms with Crippen LogP contribution in [0.5, 0.6) is 0 Å². The second-order valence-electron chi connectivity index (χ2n) is 3.67. The lowest BCUT2D eigenvalue weighted by Crippen LogP contribution is -2.29. The fourth-order valence-electron chi connectivity index (χ4n) is 1.54. The first-order chi connectivity index (χ1) is 7.59. The highest BCUT2D eigenvalue weighted by Gasteiger charge is 2.21. The van der Waals surface area contributed by atoms with E-state index in [-0.39, 0.29) is 18.4 Å². The standard InChI is InChI=1S/C10H13NO4S/c12-6-10-2-1-9(15-10)5-11-8-3-4-16(13,14)7-8/h1-4,8,11-12H,5-7H2. The lowest BCUT2D eigenvalue weighted by Gasteiger charge is -2.07. The van der Waals surface area contributed by atoms with Crippen LogP contribution >= 0.6 is 0 Å². The topological polar surface area (TPSA) is 79.5 Å². The van der Waals surface area contributed by atoms with E-state index in [1.54, 1.807) is 18.2 Å². The second kappa shape index (κ2) is 4.40. The highest BCUT2D eigenvalue weighted by molar-refractivity contribution is 7.94. The van der Waals surface area contributed by atoms with Gasteiger partial charge in [0.05, 0.1) is 12.3 Å². The monoisotopic (exact) mass is 243 g/mol. The first kappa shape index (κ1) is 11.4. The number of hydrogen-bond acceptors (Lipinski definition) is 5. The van der Waals surface area contributed by atoms with Crippen molar-refractivity contribution < 1.29 is 17.9 Å². The molecule has 6 heteroatoms. The predicted octanol–water partition coefficient (Wildman–Crippen LogP) is 0.172. The summed E-state index contributed by atoms with van der Waals surface area (Å²) in [5.74, 6) is 1.29. The van der Waals surface area contributed by atoms with Gasteiger partial charge in [-0.25, -0.2) is 8.42 Å². The second-order valence-corrected chi connectivity index (χ2v) is 5.60. The Hall–Kier alpha value is -1.11. The number of nitrogens with one attached hydrogen (secondary N) is 1. The van der Waals surface area contributed by atoms with Crippen LogP contribution in [0.1, 0.15) is 11.5 Å². The summed E-state index contributed by atoms with van der Waals surface area (Å²) in [5, 5.41) is 13.1. The summed E-state index contributed by atoms with van der Waals surface area (Å²) in [6.07, 6.45) is 1.63. The van der Waals surface area contributed by atoms with E-state index >= 15 is 0 Å². The summed E-state index contributed by atoms with van der Waals surface area (Å²) in [7, 11) is -3.01. The molecule has 2 N–H and O–H groups in total. The fraction of sp³-hybridized carbons (Fsp3) is 0.400. The van der Waals surface area contributed by atoms with Crippen molar-refractivity contribution in [3.8, 4) is 0 Å². The molecular formula is C10H13NO4S. The highest BCUT2D eigenvalue weighted by atomic mass is 32.2. The maximum atomic E-state index is 11.1. The van der Waals surface area contributed by atoms with Gasteiger partial charge >= 0.3 is 0 Å². The van der Waals surface area contributed by atoms with E-state index < -0.39 is 9.84 Å². The maximum Gasteiger partial charge on any atom is 0.173 e. The van der Waals surface area contributed by atoms with Gasteiger partial charge in [0.25, 0.3) is 0 Å². The van der Waals surface area contributed by atoms with Crippen LogP contribution in [-0.2, 0) is 23.0 Å². The van der Waals surface area contributed by atoms with Crippen molar-refractivity contribution in [3.63, 3.8) is 0 Å². The molecule has 1 aromatic heterocycles. The summed E-state index contributed by atoms with van der Waals surface area (Å²) < 4.78 is 27.5. The molecule has 0 saturated heterocycles. The molecule has 0 radical (unpaired) electrons. The molecule has 1 aromatic rings. The zero-order valence-corrected chi connectivity index (χ0v) is 9.40. The lowest BCUT2D eigenvalue weighted by atomic mass is 10.3. The predicted molar refractivity (Wildman–Crippen MR) is 58.2 cm³/mol. The first-order valence-electron chi connectivity index (χ1n) is 4.92. The molecule has 1 aliphatic heterocycles. The minimum absolute atomic E-state index is 0.0978. The average Bonchev–Trinajstić information content (AvgIpc) is 2.81. The molecule has 16 heavy (non-hydrogen) atoms. The molecular weight excluding hydrogens is 230 g/mol. The van der Waals surface area contributed by atoms with Gasteiger partial charge < -0.3 is 14.8 Å². The minimum atomic E-state index is -3.01. The van der Waals surface area contributed by atoms with Crippen LogP contribution in [0.15, 0.2) is 28.0 Å². The van der Waals surface area contributed by atoms with Crippen LogP contribution in [0.2, 0.25) is 0 Å². The number of aliphatic hydroxyl groups excluding tert-OH is 1. The van der Waals surface area contributed by atoms with Gasteiger partial charge in [-0.2, -0.15) is 0 Å².